The lowest BCUT2D eigenvalue weighted by atomic mass is 9.51. The molecule has 36 heavy (non-hydrogen) atoms. The molecule has 2 fully saturated rings. The number of hydrogen-bond donors (Lipinski definition) is 3. The zero-order chi connectivity index (χ0) is 26.3. The Bertz CT molecular complexity index is 1060. The van der Waals surface area contributed by atoms with Crippen molar-refractivity contribution in [3.8, 4) is 0 Å². The number of esters is 1. The van der Waals surface area contributed by atoms with Crippen molar-refractivity contribution < 1.29 is 24.5 Å². The molecule has 1 amide bonds. The van der Waals surface area contributed by atoms with Crippen LogP contribution in [-0.2, 0) is 20.7 Å². The number of ether oxygens (including phenoxy) is 1. The molecule has 0 aromatic heterocycles. The van der Waals surface area contributed by atoms with E-state index >= 15 is 0 Å². The number of nitrogens with one attached hydrogen (secondary N) is 1. The van der Waals surface area contributed by atoms with E-state index in [1.165, 1.54) is 6.92 Å². The molecule has 6 nitrogen and oxygen atoms in total. The second-order valence-electron chi connectivity index (χ2n) is 11.3. The van der Waals surface area contributed by atoms with Gasteiger partial charge in [0.15, 0.2) is 0 Å². The third kappa shape index (κ3) is 4.69. The van der Waals surface area contributed by atoms with Gasteiger partial charge in [-0.05, 0) is 55.2 Å². The van der Waals surface area contributed by atoms with Gasteiger partial charge in [-0.1, -0.05) is 69.0 Å². The molecule has 194 valence electrons. The van der Waals surface area contributed by atoms with Gasteiger partial charge >= 0.3 is 5.97 Å². The van der Waals surface area contributed by atoms with E-state index in [2.05, 4.69) is 18.8 Å². The van der Waals surface area contributed by atoms with E-state index in [1.807, 2.05) is 49.4 Å². The van der Waals surface area contributed by atoms with E-state index in [9.17, 15) is 19.8 Å². The van der Waals surface area contributed by atoms with Gasteiger partial charge in [0, 0.05) is 24.8 Å². The first kappa shape index (κ1) is 26.4. The number of hydrogen-bond acceptors (Lipinski definition) is 5. The van der Waals surface area contributed by atoms with Crippen LogP contribution >= 0.6 is 0 Å². The van der Waals surface area contributed by atoms with Crippen LogP contribution in [0, 0.1) is 29.1 Å². The van der Waals surface area contributed by atoms with Gasteiger partial charge in [-0.25, -0.2) is 0 Å². The molecule has 1 heterocycles. The van der Waals surface area contributed by atoms with Crippen molar-refractivity contribution in [2.24, 2.45) is 29.1 Å². The first-order valence-electron chi connectivity index (χ1n) is 12.9. The first-order valence-corrected chi connectivity index (χ1v) is 12.9. The van der Waals surface area contributed by atoms with Crippen molar-refractivity contribution >= 4 is 11.9 Å². The molecule has 3 aliphatic rings. The molecule has 3 N–H and O–H groups in total. The largest absolute Gasteiger partial charge is 0.457 e. The van der Waals surface area contributed by atoms with E-state index in [0.29, 0.717) is 24.8 Å². The first-order chi connectivity index (χ1) is 17.0. The van der Waals surface area contributed by atoms with E-state index in [1.54, 1.807) is 19.1 Å². The second-order valence-corrected chi connectivity index (χ2v) is 11.3. The molecule has 0 bridgehead atoms. The van der Waals surface area contributed by atoms with Crippen molar-refractivity contribution in [3.05, 3.63) is 72.4 Å². The van der Waals surface area contributed by atoms with Crippen molar-refractivity contribution in [3.63, 3.8) is 0 Å². The summed E-state index contributed by atoms with van der Waals surface area (Å²) in [4.78, 5) is 26.5. The van der Waals surface area contributed by atoms with Gasteiger partial charge in [0.05, 0.1) is 11.7 Å². The number of aliphatic hydroxyl groups is 2. The minimum atomic E-state index is -1.26. The molecule has 1 saturated carbocycles. The molecule has 1 unspecified atom stereocenters. The van der Waals surface area contributed by atoms with Gasteiger partial charge < -0.3 is 20.3 Å². The van der Waals surface area contributed by atoms with Gasteiger partial charge in [-0.15, -0.1) is 0 Å². The van der Waals surface area contributed by atoms with Crippen molar-refractivity contribution in [2.45, 2.75) is 70.8 Å². The molecule has 1 aliphatic heterocycles. The number of carbonyl (C=O) groups excluding carboxylic acids is 2. The summed E-state index contributed by atoms with van der Waals surface area (Å²) < 4.78 is 5.89. The minimum absolute atomic E-state index is 0.170. The molecule has 2 aliphatic carbocycles. The Morgan fingerprint density at radius 1 is 1.22 bits per heavy atom. The number of benzene rings is 1. The normalized spacial score (nSPS) is 42.3. The van der Waals surface area contributed by atoms with E-state index in [-0.39, 0.29) is 29.7 Å². The fourth-order valence-electron chi connectivity index (χ4n) is 6.90. The molecule has 1 saturated heterocycles. The topological polar surface area (TPSA) is 95.9 Å². The summed E-state index contributed by atoms with van der Waals surface area (Å²) in [6.45, 7) is 11.3. The maximum Gasteiger partial charge on any atom is 0.303 e. The summed E-state index contributed by atoms with van der Waals surface area (Å²) >= 11 is 0. The maximum atomic E-state index is 14.2. The Labute approximate surface area is 214 Å². The SMILES string of the molecule is C=C1[C@@H](C)[C@H]2[C@H](Cc3ccccc3)NC(=O)[C@]23[C@H](OC(C)=O)/C=C/C(C)(O)C[C@@H](C)C/C=C/[C@H]3[C@@H]1O. The molecule has 1 aromatic carbocycles. The average Bonchev–Trinajstić information content (AvgIpc) is 3.08. The van der Waals surface area contributed by atoms with E-state index in [0.717, 1.165) is 5.56 Å². The number of carbonyl (C=O) groups is 2. The van der Waals surface area contributed by atoms with Crippen LogP contribution in [-0.4, -0.2) is 45.9 Å². The average molecular weight is 494 g/mol. The fraction of sp³-hybridized carbons (Fsp3) is 0.533. The van der Waals surface area contributed by atoms with Crippen LogP contribution in [0.4, 0.5) is 0 Å². The summed E-state index contributed by atoms with van der Waals surface area (Å²) in [5, 5.41) is 25.8. The summed E-state index contributed by atoms with van der Waals surface area (Å²) in [7, 11) is 0. The minimum Gasteiger partial charge on any atom is -0.457 e. The number of aliphatic hydroxyl groups excluding tert-OH is 1. The van der Waals surface area contributed by atoms with Gasteiger partial charge in [0.1, 0.15) is 11.5 Å². The predicted octanol–water partition coefficient (Wildman–Crippen LogP) is 3.74. The molecule has 9 atom stereocenters. The molecule has 6 heteroatoms. The lowest BCUT2D eigenvalue weighted by Gasteiger charge is -2.52. The summed E-state index contributed by atoms with van der Waals surface area (Å²) in [6.07, 6.45) is 7.09. The van der Waals surface area contributed by atoms with E-state index < -0.39 is 35.1 Å². The Morgan fingerprint density at radius 3 is 2.58 bits per heavy atom. The zero-order valence-electron chi connectivity index (χ0n) is 21.7. The molecule has 0 radical (unpaired) electrons. The maximum absolute atomic E-state index is 14.2. The van der Waals surface area contributed by atoms with Crippen LogP contribution in [0.1, 0.15) is 46.1 Å². The fourth-order valence-corrected chi connectivity index (χ4v) is 6.90. The van der Waals surface area contributed by atoms with Gasteiger partial charge in [-0.3, -0.25) is 9.59 Å². The molecular formula is C30H39NO5. The number of amides is 1. The highest BCUT2D eigenvalue weighted by atomic mass is 16.5. The molecule has 1 aromatic rings. The molecule has 1 spiro atoms. The highest BCUT2D eigenvalue weighted by molar-refractivity contribution is 5.89. The van der Waals surface area contributed by atoms with Crippen LogP contribution in [0.3, 0.4) is 0 Å². The Morgan fingerprint density at radius 2 is 1.92 bits per heavy atom. The quantitative estimate of drug-likeness (QED) is 0.440. The zero-order valence-corrected chi connectivity index (χ0v) is 21.7. The summed E-state index contributed by atoms with van der Waals surface area (Å²) in [5.74, 6) is -1.75. The standard InChI is InChI=1S/C30H39NO5/c1-18-10-9-13-23-27(33)20(3)19(2)26-24(16-22-11-7-6-8-12-22)31-28(34)30(23,26)25(36-21(4)32)14-15-29(5,35)17-18/h6-9,11-15,18-19,23-27,33,35H,3,10,16-17H2,1-2,4-5H3,(H,31,34)/b13-9+,15-14+/t18-,19+,23-,24-,25+,26-,27+,29?,30+/m0/s1. The second kappa shape index (κ2) is 9.98. The van der Waals surface area contributed by atoms with Gasteiger partial charge in [0.2, 0.25) is 5.91 Å². The lowest BCUT2D eigenvalue weighted by Crippen LogP contribution is -2.60. The van der Waals surface area contributed by atoms with Crippen LogP contribution < -0.4 is 5.32 Å². The monoisotopic (exact) mass is 493 g/mol. The lowest BCUT2D eigenvalue weighted by molar-refractivity contribution is -0.166. The summed E-state index contributed by atoms with van der Waals surface area (Å²) in [6, 6.07) is 9.73. The van der Waals surface area contributed by atoms with Crippen molar-refractivity contribution in [1.29, 1.82) is 0 Å². The highest BCUT2D eigenvalue weighted by Gasteiger charge is 2.68. The summed E-state index contributed by atoms with van der Waals surface area (Å²) in [5.41, 5.74) is -0.635. The number of allylic oxidation sites excluding steroid dienone is 1. The molecule has 4 rings (SSSR count). The Balaban J connectivity index is 1.92. The Hall–Kier alpha value is -2.70. The van der Waals surface area contributed by atoms with Crippen LogP contribution in [0.2, 0.25) is 0 Å². The van der Waals surface area contributed by atoms with Crippen LogP contribution in [0.15, 0.2) is 66.8 Å². The Kier molecular flexibility index (Phi) is 7.31. The molecular weight excluding hydrogens is 454 g/mol. The van der Waals surface area contributed by atoms with Crippen LogP contribution in [0.25, 0.3) is 0 Å². The van der Waals surface area contributed by atoms with Gasteiger partial charge in [-0.2, -0.15) is 0 Å². The highest BCUT2D eigenvalue weighted by Crippen LogP contribution is 2.58. The van der Waals surface area contributed by atoms with Crippen LogP contribution in [0.5, 0.6) is 0 Å². The van der Waals surface area contributed by atoms with Crippen molar-refractivity contribution in [2.75, 3.05) is 0 Å². The third-order valence-electron chi connectivity index (χ3n) is 8.43. The van der Waals surface area contributed by atoms with Gasteiger partial charge in [0.25, 0.3) is 0 Å². The third-order valence-corrected chi connectivity index (χ3v) is 8.43. The number of rotatable bonds is 3. The van der Waals surface area contributed by atoms with E-state index in [4.69, 9.17) is 4.74 Å². The smallest absolute Gasteiger partial charge is 0.303 e. The van der Waals surface area contributed by atoms with Crippen molar-refractivity contribution in [1.82, 2.24) is 5.32 Å². The predicted molar refractivity (Wildman–Crippen MR) is 139 cm³/mol.